The van der Waals surface area contributed by atoms with Gasteiger partial charge in [0.25, 0.3) is 0 Å². The van der Waals surface area contributed by atoms with E-state index in [1.54, 1.807) is 0 Å². The van der Waals surface area contributed by atoms with Gasteiger partial charge in [0.05, 0.1) is 11.0 Å². The molecule has 0 unspecified atom stereocenters. The minimum atomic E-state index is 0.863. The van der Waals surface area contributed by atoms with Crippen molar-refractivity contribution >= 4 is 77.0 Å². The van der Waals surface area contributed by atoms with E-state index >= 15 is 0 Å². The topological polar surface area (TPSA) is 20.8 Å². The van der Waals surface area contributed by atoms with Gasteiger partial charge in [-0.25, -0.2) is 0 Å². The highest BCUT2D eigenvalue weighted by Crippen LogP contribution is 2.47. The number of anilines is 3. The maximum atomic E-state index is 6.43. The Balaban J connectivity index is 0.953. The van der Waals surface area contributed by atoms with Crippen LogP contribution in [0.15, 0.2) is 247 Å². The maximum absolute atomic E-state index is 6.43. The van der Waals surface area contributed by atoms with E-state index in [1.807, 2.05) is 12.1 Å². The predicted octanol–water partition coefficient (Wildman–Crippen LogP) is 17.4. The molecule has 0 spiro atoms. The van der Waals surface area contributed by atoms with Crippen LogP contribution in [0.5, 0.6) is 0 Å². The lowest BCUT2D eigenvalue weighted by molar-refractivity contribution is 0.669. The Bertz CT molecular complexity index is 3940. The van der Waals surface area contributed by atoms with Crippen LogP contribution in [-0.4, -0.2) is 4.40 Å². The molecule has 13 aromatic rings. The minimum absolute atomic E-state index is 0.863. The molecule has 0 saturated heterocycles. The molecule has 304 valence electrons. The summed E-state index contributed by atoms with van der Waals surface area (Å²) >= 11 is 0. The fourth-order valence-corrected chi connectivity index (χ4v) is 10.2. The summed E-state index contributed by atoms with van der Waals surface area (Å²) in [5.74, 6) is 0. The van der Waals surface area contributed by atoms with E-state index < -0.39 is 0 Å². The summed E-state index contributed by atoms with van der Waals surface area (Å²) in [6.07, 6.45) is 2.24. The van der Waals surface area contributed by atoms with Crippen molar-refractivity contribution in [3.8, 4) is 44.5 Å². The summed E-state index contributed by atoms with van der Waals surface area (Å²) in [5, 5.41) is 8.57. The summed E-state index contributed by atoms with van der Waals surface area (Å²) in [6, 6.07) is 85.3. The summed E-state index contributed by atoms with van der Waals surface area (Å²) in [6.45, 7) is 0. The molecule has 0 bridgehead atoms. The molecule has 3 heteroatoms. The number of rotatable bonds is 7. The van der Waals surface area contributed by atoms with Crippen LogP contribution in [0.1, 0.15) is 0 Å². The number of nitrogens with zero attached hydrogens (tertiary/aromatic N) is 2. The Labute approximate surface area is 376 Å². The zero-order chi connectivity index (χ0) is 42.8. The Hall–Kier alpha value is -8.66. The normalized spacial score (nSPS) is 11.7. The summed E-state index contributed by atoms with van der Waals surface area (Å²) in [4.78, 5) is 2.34. The highest BCUT2D eigenvalue weighted by atomic mass is 16.3. The van der Waals surface area contributed by atoms with E-state index in [0.29, 0.717) is 0 Å². The second kappa shape index (κ2) is 15.0. The van der Waals surface area contributed by atoms with Crippen LogP contribution in [0.4, 0.5) is 17.1 Å². The molecule has 10 aromatic carbocycles. The van der Waals surface area contributed by atoms with Crippen LogP contribution in [-0.2, 0) is 0 Å². The zero-order valence-corrected chi connectivity index (χ0v) is 35.4. The lowest BCUT2D eigenvalue weighted by Crippen LogP contribution is -2.10. The van der Waals surface area contributed by atoms with Crippen molar-refractivity contribution in [1.82, 2.24) is 4.40 Å². The molecular weight excluding hydrogens is 789 g/mol. The van der Waals surface area contributed by atoms with E-state index in [2.05, 4.69) is 240 Å². The fraction of sp³-hybridized carbons (Fsp3) is 0. The largest absolute Gasteiger partial charge is 0.456 e. The Morgan fingerprint density at radius 3 is 1.54 bits per heavy atom. The Morgan fingerprint density at radius 1 is 0.308 bits per heavy atom. The van der Waals surface area contributed by atoms with Gasteiger partial charge in [-0.05, 0) is 98.1 Å². The number of furan rings is 1. The summed E-state index contributed by atoms with van der Waals surface area (Å²) in [7, 11) is 0. The number of fused-ring (bicyclic) bond motifs is 11. The molecule has 3 nitrogen and oxygen atoms in total. The number of benzene rings is 10. The first-order chi connectivity index (χ1) is 32.2. The smallest absolute Gasteiger partial charge is 0.137 e. The van der Waals surface area contributed by atoms with Gasteiger partial charge in [0, 0.05) is 62.0 Å². The molecule has 0 N–H and O–H groups in total. The quantitative estimate of drug-likeness (QED) is 0.149. The van der Waals surface area contributed by atoms with Gasteiger partial charge >= 0.3 is 0 Å². The van der Waals surface area contributed by atoms with Crippen molar-refractivity contribution in [2.24, 2.45) is 0 Å². The molecule has 3 heterocycles. The van der Waals surface area contributed by atoms with E-state index in [9.17, 15) is 0 Å². The van der Waals surface area contributed by atoms with Gasteiger partial charge in [0.2, 0.25) is 0 Å². The number of para-hydroxylation sites is 1. The van der Waals surface area contributed by atoms with Gasteiger partial charge in [0.15, 0.2) is 0 Å². The molecule has 0 aliphatic carbocycles. The molecular formula is C62H40N2O. The minimum Gasteiger partial charge on any atom is -0.456 e. The molecule has 0 atom stereocenters. The summed E-state index contributed by atoms with van der Waals surface area (Å²) in [5.41, 5.74) is 16.8. The second-order valence-electron chi connectivity index (χ2n) is 16.9. The number of hydrogen-bond acceptors (Lipinski definition) is 2. The highest BCUT2D eigenvalue weighted by Gasteiger charge is 2.23. The van der Waals surface area contributed by atoms with Gasteiger partial charge in [-0.3, -0.25) is 0 Å². The van der Waals surface area contributed by atoms with Gasteiger partial charge in [0.1, 0.15) is 11.2 Å². The van der Waals surface area contributed by atoms with Crippen molar-refractivity contribution in [1.29, 1.82) is 0 Å². The van der Waals surface area contributed by atoms with Crippen LogP contribution in [0.3, 0.4) is 0 Å². The highest BCUT2D eigenvalue weighted by molar-refractivity contribution is 6.31. The SMILES string of the molecule is c1ccc(-c2cccc(N(c3cccc(-c4ccc(-c5cccn6c5c(-c5ccccc5)c5c7ccccc7c7ccccc7c56)cc4)c3)c3ccc4c(c3)oc3ccccc34)c2)cc1. The first-order valence-electron chi connectivity index (χ1n) is 22.2. The van der Waals surface area contributed by atoms with Crippen LogP contribution in [0.2, 0.25) is 0 Å². The number of aromatic nitrogens is 1. The van der Waals surface area contributed by atoms with Gasteiger partial charge < -0.3 is 13.7 Å². The molecule has 0 aliphatic rings. The lowest BCUT2D eigenvalue weighted by Gasteiger charge is -2.26. The standard InChI is InChI=1S/C62H40N2O/c1-3-16-41(17-4-1)45-20-13-22-47(38-45)64(49-35-36-54-53-26-11-12-30-57(53)65-58(54)40-49)48-23-14-21-46(39-48)42-31-33-43(34-32-42)50-29-15-37-63-61(50)59(44-18-5-2-6-19-44)60-55-27-9-7-24-51(55)52-25-8-10-28-56(52)62(60)63/h1-40H. The second-order valence-corrected chi connectivity index (χ2v) is 16.9. The van der Waals surface area contributed by atoms with Crippen molar-refractivity contribution in [3.05, 3.63) is 243 Å². The molecule has 0 saturated carbocycles. The molecule has 13 rings (SSSR count). The Morgan fingerprint density at radius 2 is 0.831 bits per heavy atom. The first kappa shape index (κ1) is 36.9. The average Bonchev–Trinajstić information content (AvgIpc) is 3.94. The van der Waals surface area contributed by atoms with E-state index in [-0.39, 0.29) is 0 Å². The number of pyridine rings is 1. The van der Waals surface area contributed by atoms with Gasteiger partial charge in [-0.15, -0.1) is 0 Å². The van der Waals surface area contributed by atoms with Crippen LogP contribution in [0, 0.1) is 0 Å². The third-order valence-electron chi connectivity index (χ3n) is 13.2. The molecule has 0 fully saturated rings. The lowest BCUT2D eigenvalue weighted by atomic mass is 9.92. The zero-order valence-electron chi connectivity index (χ0n) is 35.4. The van der Waals surface area contributed by atoms with Crippen LogP contribution >= 0.6 is 0 Å². The van der Waals surface area contributed by atoms with Gasteiger partial charge in [-0.2, -0.15) is 0 Å². The van der Waals surface area contributed by atoms with Crippen molar-refractivity contribution in [2.45, 2.75) is 0 Å². The third kappa shape index (κ3) is 6.05. The van der Waals surface area contributed by atoms with Crippen LogP contribution < -0.4 is 4.90 Å². The van der Waals surface area contributed by atoms with E-state index in [1.165, 1.54) is 65.8 Å². The maximum Gasteiger partial charge on any atom is 0.137 e. The van der Waals surface area contributed by atoms with E-state index in [0.717, 1.165) is 55.7 Å². The van der Waals surface area contributed by atoms with Crippen molar-refractivity contribution in [3.63, 3.8) is 0 Å². The summed E-state index contributed by atoms with van der Waals surface area (Å²) < 4.78 is 8.87. The predicted molar refractivity (Wildman–Crippen MR) is 274 cm³/mol. The number of hydrogen-bond donors (Lipinski definition) is 0. The molecule has 0 aliphatic heterocycles. The van der Waals surface area contributed by atoms with Crippen molar-refractivity contribution < 1.29 is 4.42 Å². The molecule has 0 radical (unpaired) electrons. The molecule has 0 amide bonds. The Kier molecular flexibility index (Phi) is 8.53. The fourth-order valence-electron chi connectivity index (χ4n) is 10.2. The monoisotopic (exact) mass is 828 g/mol. The van der Waals surface area contributed by atoms with Crippen LogP contribution in [0.25, 0.3) is 104 Å². The third-order valence-corrected chi connectivity index (χ3v) is 13.2. The van der Waals surface area contributed by atoms with E-state index in [4.69, 9.17) is 4.42 Å². The molecule has 3 aromatic heterocycles. The molecule has 65 heavy (non-hydrogen) atoms. The first-order valence-corrected chi connectivity index (χ1v) is 22.2. The van der Waals surface area contributed by atoms with Crippen molar-refractivity contribution in [2.75, 3.05) is 4.90 Å². The van der Waals surface area contributed by atoms with Gasteiger partial charge in [-0.1, -0.05) is 182 Å². The average molecular weight is 829 g/mol.